The van der Waals surface area contributed by atoms with Gasteiger partial charge in [-0.25, -0.2) is 4.79 Å². The normalized spacial score (nSPS) is 16.5. The Morgan fingerprint density at radius 3 is 2.90 bits per heavy atom. The van der Waals surface area contributed by atoms with Crippen molar-refractivity contribution in [2.24, 2.45) is 0 Å². The van der Waals surface area contributed by atoms with E-state index in [4.69, 9.17) is 9.63 Å². The first kappa shape index (κ1) is 15.2. The number of carboxylic acid groups (broad SMARTS) is 1. The zero-order chi connectivity index (χ0) is 15.1. The lowest BCUT2D eigenvalue weighted by Gasteiger charge is -2.21. The molecule has 9 nitrogen and oxygen atoms in total. The molecule has 2 rings (SSSR count). The number of carbonyl (C=O) groups is 2. The quantitative estimate of drug-likeness (QED) is 0.747. The molecule has 9 heteroatoms. The zero-order valence-electron chi connectivity index (χ0n) is 11.7. The van der Waals surface area contributed by atoms with Crippen molar-refractivity contribution in [2.45, 2.75) is 12.8 Å². The number of nitrogens with zero attached hydrogens (tertiary/aromatic N) is 4. The standard InChI is InChI=1S/C12H19N5O4/c18-11(19)8-16-4-1-5-17(7-6-16)12(20)13-3-2-10-14-9-15-21-10/h9H,1-8H2,(H,13,20)(H,18,19). The Morgan fingerprint density at radius 2 is 2.19 bits per heavy atom. The van der Waals surface area contributed by atoms with E-state index in [1.165, 1.54) is 6.33 Å². The second-order valence-electron chi connectivity index (χ2n) is 4.83. The minimum absolute atomic E-state index is 0.0205. The first-order valence-electron chi connectivity index (χ1n) is 6.87. The summed E-state index contributed by atoms with van der Waals surface area (Å²) >= 11 is 0. The maximum atomic E-state index is 12.0. The van der Waals surface area contributed by atoms with Crippen LogP contribution in [0.4, 0.5) is 4.79 Å². The molecule has 0 unspecified atom stereocenters. The van der Waals surface area contributed by atoms with Crippen molar-refractivity contribution in [3.05, 3.63) is 12.2 Å². The molecular formula is C12H19N5O4. The van der Waals surface area contributed by atoms with Gasteiger partial charge in [-0.15, -0.1) is 0 Å². The van der Waals surface area contributed by atoms with Crippen LogP contribution < -0.4 is 5.32 Å². The first-order valence-corrected chi connectivity index (χ1v) is 6.87. The molecule has 21 heavy (non-hydrogen) atoms. The van der Waals surface area contributed by atoms with Crippen LogP contribution in [-0.4, -0.2) is 76.3 Å². The molecule has 1 fully saturated rings. The summed E-state index contributed by atoms with van der Waals surface area (Å²) in [6.45, 7) is 2.87. The van der Waals surface area contributed by atoms with E-state index in [0.717, 1.165) is 6.42 Å². The Balaban J connectivity index is 1.71. The molecule has 2 N–H and O–H groups in total. The molecule has 2 amide bonds. The number of hydrogen-bond donors (Lipinski definition) is 2. The second-order valence-corrected chi connectivity index (χ2v) is 4.83. The summed E-state index contributed by atoms with van der Waals surface area (Å²) < 4.78 is 4.84. The van der Waals surface area contributed by atoms with Gasteiger partial charge in [0.2, 0.25) is 5.89 Å². The predicted octanol–water partition coefficient (Wildman–Crippen LogP) is -0.586. The van der Waals surface area contributed by atoms with E-state index in [1.54, 1.807) is 4.90 Å². The van der Waals surface area contributed by atoms with Gasteiger partial charge >= 0.3 is 12.0 Å². The third-order valence-electron chi connectivity index (χ3n) is 3.26. The number of carbonyl (C=O) groups excluding carboxylic acids is 1. The number of nitrogens with one attached hydrogen (secondary N) is 1. The monoisotopic (exact) mass is 297 g/mol. The summed E-state index contributed by atoms with van der Waals surface area (Å²) in [5, 5.41) is 15.1. The van der Waals surface area contributed by atoms with Crippen LogP contribution >= 0.6 is 0 Å². The molecule has 1 aliphatic heterocycles. The molecule has 1 aromatic heterocycles. The highest BCUT2D eigenvalue weighted by molar-refractivity contribution is 5.74. The van der Waals surface area contributed by atoms with E-state index in [0.29, 0.717) is 45.0 Å². The van der Waals surface area contributed by atoms with Crippen molar-refractivity contribution in [1.82, 2.24) is 25.3 Å². The Kier molecular flexibility index (Phi) is 5.50. The molecule has 0 radical (unpaired) electrons. The molecule has 1 aliphatic rings. The van der Waals surface area contributed by atoms with Gasteiger partial charge < -0.3 is 19.8 Å². The predicted molar refractivity (Wildman–Crippen MR) is 71.7 cm³/mol. The highest BCUT2D eigenvalue weighted by Crippen LogP contribution is 2.03. The molecule has 0 bridgehead atoms. The van der Waals surface area contributed by atoms with Crippen molar-refractivity contribution in [3.8, 4) is 0 Å². The number of urea groups is 1. The third kappa shape index (κ3) is 5.03. The fourth-order valence-corrected chi connectivity index (χ4v) is 2.22. The first-order chi connectivity index (χ1) is 10.1. The SMILES string of the molecule is O=C(O)CN1CCCN(C(=O)NCCc2ncno2)CC1. The summed E-state index contributed by atoms with van der Waals surface area (Å²) in [5.41, 5.74) is 0. The molecule has 0 aromatic carbocycles. The summed E-state index contributed by atoms with van der Waals surface area (Å²) in [6.07, 6.45) is 2.58. The fraction of sp³-hybridized carbons (Fsp3) is 0.667. The molecule has 0 spiro atoms. The van der Waals surface area contributed by atoms with Gasteiger partial charge in [0, 0.05) is 39.1 Å². The van der Waals surface area contributed by atoms with E-state index in [-0.39, 0.29) is 12.6 Å². The van der Waals surface area contributed by atoms with Gasteiger partial charge in [0.05, 0.1) is 6.54 Å². The largest absolute Gasteiger partial charge is 0.480 e. The zero-order valence-corrected chi connectivity index (χ0v) is 11.7. The lowest BCUT2D eigenvalue weighted by molar-refractivity contribution is -0.138. The van der Waals surface area contributed by atoms with Crippen molar-refractivity contribution >= 4 is 12.0 Å². The Bertz CT molecular complexity index is 464. The minimum atomic E-state index is -0.840. The van der Waals surface area contributed by atoms with Crippen LogP contribution in [0.15, 0.2) is 10.9 Å². The highest BCUT2D eigenvalue weighted by Gasteiger charge is 2.20. The van der Waals surface area contributed by atoms with Gasteiger partial charge in [0.15, 0.2) is 6.33 Å². The van der Waals surface area contributed by atoms with E-state index < -0.39 is 5.97 Å². The lowest BCUT2D eigenvalue weighted by Crippen LogP contribution is -2.43. The molecule has 0 saturated carbocycles. The van der Waals surface area contributed by atoms with E-state index in [1.807, 2.05) is 4.90 Å². The van der Waals surface area contributed by atoms with Gasteiger partial charge in [0.25, 0.3) is 0 Å². The smallest absolute Gasteiger partial charge is 0.317 e. The molecule has 0 aliphatic carbocycles. The summed E-state index contributed by atoms with van der Waals surface area (Å²) in [5.74, 6) is -0.355. The Labute approximate surface area is 121 Å². The van der Waals surface area contributed by atoms with Crippen LogP contribution in [0, 0.1) is 0 Å². The van der Waals surface area contributed by atoms with Gasteiger partial charge in [-0.2, -0.15) is 4.98 Å². The van der Waals surface area contributed by atoms with Gasteiger partial charge in [0.1, 0.15) is 0 Å². The Hall–Kier alpha value is -2.16. The summed E-state index contributed by atoms with van der Waals surface area (Å²) in [7, 11) is 0. The van der Waals surface area contributed by atoms with E-state index in [2.05, 4.69) is 15.5 Å². The average molecular weight is 297 g/mol. The lowest BCUT2D eigenvalue weighted by atomic mass is 10.4. The number of amides is 2. The van der Waals surface area contributed by atoms with Crippen LogP contribution in [-0.2, 0) is 11.2 Å². The van der Waals surface area contributed by atoms with Crippen molar-refractivity contribution in [1.29, 1.82) is 0 Å². The third-order valence-corrected chi connectivity index (χ3v) is 3.26. The van der Waals surface area contributed by atoms with Crippen LogP contribution in [0.5, 0.6) is 0 Å². The molecule has 116 valence electrons. The van der Waals surface area contributed by atoms with Crippen LogP contribution in [0.2, 0.25) is 0 Å². The van der Waals surface area contributed by atoms with Crippen molar-refractivity contribution in [2.75, 3.05) is 39.3 Å². The average Bonchev–Trinajstić information content (AvgIpc) is 2.84. The van der Waals surface area contributed by atoms with Crippen molar-refractivity contribution < 1.29 is 19.2 Å². The van der Waals surface area contributed by atoms with Crippen molar-refractivity contribution in [3.63, 3.8) is 0 Å². The molecular weight excluding hydrogens is 278 g/mol. The van der Waals surface area contributed by atoms with Crippen LogP contribution in [0.1, 0.15) is 12.3 Å². The fourth-order valence-electron chi connectivity index (χ4n) is 2.22. The van der Waals surface area contributed by atoms with E-state index >= 15 is 0 Å². The maximum absolute atomic E-state index is 12.0. The Morgan fingerprint density at radius 1 is 1.33 bits per heavy atom. The topological polar surface area (TPSA) is 112 Å². The van der Waals surface area contributed by atoms with Gasteiger partial charge in [-0.1, -0.05) is 5.16 Å². The number of aromatic nitrogens is 2. The molecule has 0 atom stereocenters. The van der Waals surface area contributed by atoms with Gasteiger partial charge in [-0.3, -0.25) is 9.69 Å². The number of hydrogen-bond acceptors (Lipinski definition) is 6. The van der Waals surface area contributed by atoms with Crippen LogP contribution in [0.3, 0.4) is 0 Å². The van der Waals surface area contributed by atoms with Crippen LogP contribution in [0.25, 0.3) is 0 Å². The minimum Gasteiger partial charge on any atom is -0.480 e. The number of carboxylic acids is 1. The number of rotatable bonds is 5. The highest BCUT2D eigenvalue weighted by atomic mass is 16.5. The molecule has 2 heterocycles. The summed E-state index contributed by atoms with van der Waals surface area (Å²) in [6, 6.07) is -0.147. The van der Waals surface area contributed by atoms with Gasteiger partial charge in [-0.05, 0) is 6.42 Å². The van der Waals surface area contributed by atoms with E-state index in [9.17, 15) is 9.59 Å². The number of aliphatic carboxylic acids is 1. The second kappa shape index (κ2) is 7.58. The molecule has 1 saturated heterocycles. The maximum Gasteiger partial charge on any atom is 0.317 e. The molecule has 1 aromatic rings. The summed E-state index contributed by atoms with van der Waals surface area (Å²) in [4.78, 5) is 30.1.